The highest BCUT2D eigenvalue weighted by Gasteiger charge is 2.07. The molecule has 2 N–H and O–H groups in total. The van der Waals surface area contributed by atoms with Gasteiger partial charge in [0.25, 0.3) is 0 Å². The Kier molecular flexibility index (Phi) is 6.31. The molecule has 7 heteroatoms. The van der Waals surface area contributed by atoms with E-state index in [1.54, 1.807) is 6.26 Å². The van der Waals surface area contributed by atoms with Gasteiger partial charge in [0.05, 0.1) is 12.2 Å². The Morgan fingerprint density at radius 1 is 1.06 bits per heavy atom. The van der Waals surface area contributed by atoms with Crippen LogP contribution in [0.15, 0.2) is 64.5 Å². The lowest BCUT2D eigenvalue weighted by molar-refractivity contribution is 0.572. The van der Waals surface area contributed by atoms with Crippen LogP contribution in [-0.4, -0.2) is 33.4 Å². The van der Waals surface area contributed by atoms with Crippen molar-refractivity contribution in [3.05, 3.63) is 77.6 Å². The SMILES string of the molecule is CCNC(=NCc1coc(-c2ccc(C)cc2)n1)NCCc1cn2cccc(C)c2n1. The number of hydrogen-bond acceptors (Lipinski definition) is 4. The largest absolute Gasteiger partial charge is 0.444 e. The maximum absolute atomic E-state index is 5.63. The van der Waals surface area contributed by atoms with Crippen molar-refractivity contribution in [1.82, 2.24) is 25.0 Å². The van der Waals surface area contributed by atoms with E-state index in [-0.39, 0.29) is 0 Å². The summed E-state index contributed by atoms with van der Waals surface area (Å²) in [5, 5.41) is 6.65. The summed E-state index contributed by atoms with van der Waals surface area (Å²) in [5.74, 6) is 1.37. The molecule has 31 heavy (non-hydrogen) atoms. The molecule has 0 aliphatic carbocycles. The number of hydrogen-bond donors (Lipinski definition) is 2. The molecule has 160 valence electrons. The molecule has 0 unspecified atom stereocenters. The van der Waals surface area contributed by atoms with Crippen molar-refractivity contribution in [2.45, 2.75) is 33.7 Å². The molecule has 0 aliphatic rings. The number of nitrogens with zero attached hydrogens (tertiary/aromatic N) is 4. The van der Waals surface area contributed by atoms with Gasteiger partial charge in [-0.2, -0.15) is 0 Å². The van der Waals surface area contributed by atoms with E-state index in [1.807, 2.05) is 31.3 Å². The molecular formula is C24H28N6O. The lowest BCUT2D eigenvalue weighted by Crippen LogP contribution is -2.38. The van der Waals surface area contributed by atoms with Gasteiger partial charge >= 0.3 is 0 Å². The molecule has 3 heterocycles. The van der Waals surface area contributed by atoms with E-state index in [1.165, 1.54) is 11.1 Å². The summed E-state index contributed by atoms with van der Waals surface area (Å²) in [6.45, 7) is 8.15. The monoisotopic (exact) mass is 416 g/mol. The molecule has 0 fully saturated rings. The number of fused-ring (bicyclic) bond motifs is 1. The van der Waals surface area contributed by atoms with Gasteiger partial charge in [-0.25, -0.2) is 15.0 Å². The zero-order chi connectivity index (χ0) is 21.6. The van der Waals surface area contributed by atoms with E-state index in [0.29, 0.717) is 12.4 Å². The van der Waals surface area contributed by atoms with Gasteiger partial charge in [-0.3, -0.25) is 0 Å². The van der Waals surface area contributed by atoms with Gasteiger partial charge in [0.2, 0.25) is 5.89 Å². The molecule has 0 radical (unpaired) electrons. The van der Waals surface area contributed by atoms with E-state index in [9.17, 15) is 0 Å². The molecule has 0 saturated carbocycles. The van der Waals surface area contributed by atoms with Crippen molar-refractivity contribution in [2.75, 3.05) is 13.1 Å². The van der Waals surface area contributed by atoms with E-state index >= 15 is 0 Å². The standard InChI is InChI=1S/C24H28N6O/c1-4-25-24(26-12-11-20-15-30-13-5-6-18(3)22(30)28-20)27-14-21-16-31-23(29-21)19-9-7-17(2)8-10-19/h5-10,13,15-16H,4,11-12,14H2,1-3H3,(H2,25,26,27). The van der Waals surface area contributed by atoms with Crippen LogP contribution in [0.25, 0.3) is 17.1 Å². The Morgan fingerprint density at radius 2 is 1.90 bits per heavy atom. The topological polar surface area (TPSA) is 79.8 Å². The minimum absolute atomic E-state index is 0.443. The summed E-state index contributed by atoms with van der Waals surface area (Å²) < 4.78 is 7.70. The van der Waals surface area contributed by atoms with Gasteiger partial charge in [0.1, 0.15) is 17.6 Å². The molecule has 1 aromatic carbocycles. The third kappa shape index (κ3) is 5.12. The van der Waals surface area contributed by atoms with Crippen LogP contribution in [0.4, 0.5) is 0 Å². The molecule has 0 bridgehead atoms. The maximum atomic E-state index is 5.63. The van der Waals surface area contributed by atoms with Crippen molar-refractivity contribution in [1.29, 1.82) is 0 Å². The van der Waals surface area contributed by atoms with Crippen LogP contribution in [0, 0.1) is 13.8 Å². The number of nitrogens with one attached hydrogen (secondary N) is 2. The molecule has 0 atom stereocenters. The minimum Gasteiger partial charge on any atom is -0.444 e. The fraction of sp³-hybridized carbons (Fsp3) is 0.292. The molecule has 0 amide bonds. The highest BCUT2D eigenvalue weighted by Crippen LogP contribution is 2.19. The van der Waals surface area contributed by atoms with Crippen molar-refractivity contribution in [3.8, 4) is 11.5 Å². The Balaban J connectivity index is 1.35. The van der Waals surface area contributed by atoms with Gasteiger partial charge in [0.15, 0.2) is 5.96 Å². The number of oxazole rings is 1. The molecule has 0 aliphatic heterocycles. The molecule has 4 aromatic rings. The number of aryl methyl sites for hydroxylation is 2. The smallest absolute Gasteiger partial charge is 0.226 e. The van der Waals surface area contributed by atoms with Crippen molar-refractivity contribution >= 4 is 11.6 Å². The Morgan fingerprint density at radius 3 is 2.68 bits per heavy atom. The molecule has 3 aromatic heterocycles. The number of aliphatic imine (C=N–C) groups is 1. The highest BCUT2D eigenvalue weighted by molar-refractivity contribution is 5.79. The minimum atomic E-state index is 0.443. The van der Waals surface area contributed by atoms with Gasteiger partial charge < -0.3 is 19.5 Å². The summed E-state index contributed by atoms with van der Waals surface area (Å²) in [7, 11) is 0. The van der Waals surface area contributed by atoms with E-state index in [0.717, 1.165) is 48.1 Å². The van der Waals surface area contributed by atoms with Gasteiger partial charge in [-0.05, 0) is 44.5 Å². The number of pyridine rings is 1. The van der Waals surface area contributed by atoms with E-state index < -0.39 is 0 Å². The highest BCUT2D eigenvalue weighted by atomic mass is 16.3. The first-order chi connectivity index (χ1) is 15.1. The third-order valence-electron chi connectivity index (χ3n) is 5.00. The zero-order valence-electron chi connectivity index (χ0n) is 18.2. The Bertz CT molecular complexity index is 1170. The lowest BCUT2D eigenvalue weighted by atomic mass is 10.1. The first-order valence-corrected chi connectivity index (χ1v) is 10.6. The van der Waals surface area contributed by atoms with Crippen LogP contribution in [0.5, 0.6) is 0 Å². The average molecular weight is 417 g/mol. The second kappa shape index (κ2) is 9.47. The molecular weight excluding hydrogens is 388 g/mol. The number of imidazole rings is 1. The van der Waals surface area contributed by atoms with Crippen LogP contribution < -0.4 is 10.6 Å². The normalized spacial score (nSPS) is 11.8. The predicted molar refractivity (Wildman–Crippen MR) is 123 cm³/mol. The predicted octanol–water partition coefficient (Wildman–Crippen LogP) is 3.90. The van der Waals surface area contributed by atoms with Crippen LogP contribution in [0.1, 0.15) is 29.4 Å². The summed E-state index contributed by atoms with van der Waals surface area (Å²) in [6, 6.07) is 12.2. The Hall–Kier alpha value is -3.61. The van der Waals surface area contributed by atoms with Crippen molar-refractivity contribution in [3.63, 3.8) is 0 Å². The van der Waals surface area contributed by atoms with Crippen LogP contribution in [-0.2, 0) is 13.0 Å². The summed E-state index contributed by atoms with van der Waals surface area (Å²) in [5.41, 5.74) is 6.21. The fourth-order valence-corrected chi connectivity index (χ4v) is 3.34. The van der Waals surface area contributed by atoms with Crippen molar-refractivity contribution in [2.24, 2.45) is 4.99 Å². The second-order valence-corrected chi connectivity index (χ2v) is 7.54. The Labute approximate surface area is 182 Å². The van der Waals surface area contributed by atoms with Crippen LogP contribution >= 0.6 is 0 Å². The fourth-order valence-electron chi connectivity index (χ4n) is 3.34. The van der Waals surface area contributed by atoms with Crippen LogP contribution in [0.3, 0.4) is 0 Å². The average Bonchev–Trinajstić information content (AvgIpc) is 3.40. The summed E-state index contributed by atoms with van der Waals surface area (Å²) in [4.78, 5) is 13.9. The van der Waals surface area contributed by atoms with Crippen LogP contribution in [0.2, 0.25) is 0 Å². The summed E-state index contributed by atoms with van der Waals surface area (Å²) in [6.07, 6.45) is 6.59. The number of guanidine groups is 1. The quantitative estimate of drug-likeness (QED) is 0.353. The second-order valence-electron chi connectivity index (χ2n) is 7.54. The number of aromatic nitrogens is 3. The van der Waals surface area contributed by atoms with Gasteiger partial charge in [-0.15, -0.1) is 0 Å². The third-order valence-corrected chi connectivity index (χ3v) is 5.00. The van der Waals surface area contributed by atoms with E-state index in [4.69, 9.17) is 9.40 Å². The first-order valence-electron chi connectivity index (χ1n) is 10.6. The van der Waals surface area contributed by atoms with Gasteiger partial charge in [0, 0.05) is 37.5 Å². The number of rotatable bonds is 7. The first kappa shape index (κ1) is 20.7. The zero-order valence-corrected chi connectivity index (χ0v) is 18.2. The number of benzene rings is 1. The van der Waals surface area contributed by atoms with Gasteiger partial charge in [-0.1, -0.05) is 23.8 Å². The molecule has 0 saturated heterocycles. The summed E-state index contributed by atoms with van der Waals surface area (Å²) >= 11 is 0. The maximum Gasteiger partial charge on any atom is 0.226 e. The van der Waals surface area contributed by atoms with Crippen molar-refractivity contribution < 1.29 is 4.42 Å². The lowest BCUT2D eigenvalue weighted by Gasteiger charge is -2.10. The molecule has 7 nitrogen and oxygen atoms in total. The van der Waals surface area contributed by atoms with E-state index in [2.05, 4.69) is 63.3 Å². The molecule has 0 spiro atoms. The molecule has 4 rings (SSSR count).